The number of hydrogen-bond donors (Lipinski definition) is 3. The summed E-state index contributed by atoms with van der Waals surface area (Å²) in [7, 11) is 0. The third-order valence-electron chi connectivity index (χ3n) is 5.19. The first kappa shape index (κ1) is 15.3. The van der Waals surface area contributed by atoms with Crippen LogP contribution in [0.15, 0.2) is 10.6 Å². The fraction of sp³-hybridized carbons (Fsp3) is 0.750. The van der Waals surface area contributed by atoms with Gasteiger partial charge in [-0.25, -0.2) is 4.79 Å². The SMILES string of the molecule is CC(C)c1cc(CNC(=O)NC2C3CCC(C3)C2CO)on1. The van der Waals surface area contributed by atoms with Gasteiger partial charge in [-0.05, 0) is 37.0 Å². The third kappa shape index (κ3) is 2.97. The molecule has 2 aliphatic rings. The Bertz CT molecular complexity index is 528. The number of urea groups is 1. The number of aliphatic hydroxyl groups is 1. The van der Waals surface area contributed by atoms with Gasteiger partial charge in [-0.1, -0.05) is 19.0 Å². The minimum absolute atomic E-state index is 0.102. The first-order chi connectivity index (χ1) is 10.6. The van der Waals surface area contributed by atoms with Crippen molar-refractivity contribution in [3.05, 3.63) is 17.5 Å². The van der Waals surface area contributed by atoms with E-state index in [1.807, 2.05) is 19.9 Å². The van der Waals surface area contributed by atoms with Crippen LogP contribution in [0.3, 0.4) is 0 Å². The summed E-state index contributed by atoms with van der Waals surface area (Å²) in [5.74, 6) is 2.27. The summed E-state index contributed by atoms with van der Waals surface area (Å²) in [6.07, 6.45) is 3.48. The molecule has 1 aromatic heterocycles. The highest BCUT2D eigenvalue weighted by molar-refractivity contribution is 5.74. The number of aromatic nitrogens is 1. The molecule has 4 unspecified atom stereocenters. The maximum atomic E-state index is 12.1. The van der Waals surface area contributed by atoms with E-state index in [0.717, 1.165) is 18.5 Å². The van der Waals surface area contributed by atoms with Crippen molar-refractivity contribution >= 4 is 6.03 Å². The van der Waals surface area contributed by atoms with Crippen LogP contribution in [0.2, 0.25) is 0 Å². The van der Waals surface area contributed by atoms with Crippen molar-refractivity contribution < 1.29 is 14.4 Å². The largest absolute Gasteiger partial charge is 0.396 e. The van der Waals surface area contributed by atoms with Gasteiger partial charge in [-0.3, -0.25) is 0 Å². The lowest BCUT2D eigenvalue weighted by Crippen LogP contribution is -2.48. The monoisotopic (exact) mass is 307 g/mol. The molecule has 0 saturated heterocycles. The fourth-order valence-electron chi connectivity index (χ4n) is 3.95. The summed E-state index contributed by atoms with van der Waals surface area (Å²) in [4.78, 5) is 12.1. The highest BCUT2D eigenvalue weighted by atomic mass is 16.5. The number of aliphatic hydroxyl groups excluding tert-OH is 1. The number of rotatable bonds is 5. The van der Waals surface area contributed by atoms with Gasteiger partial charge in [-0.2, -0.15) is 0 Å². The highest BCUT2D eigenvalue weighted by Crippen LogP contribution is 2.48. The molecule has 6 heteroatoms. The molecule has 6 nitrogen and oxygen atoms in total. The average molecular weight is 307 g/mol. The van der Waals surface area contributed by atoms with Crippen LogP contribution in [0, 0.1) is 17.8 Å². The minimum atomic E-state index is -0.196. The molecule has 2 aliphatic carbocycles. The Balaban J connectivity index is 1.50. The molecule has 0 spiro atoms. The van der Waals surface area contributed by atoms with E-state index >= 15 is 0 Å². The number of fused-ring (bicyclic) bond motifs is 2. The van der Waals surface area contributed by atoms with Crippen LogP contribution in [0.5, 0.6) is 0 Å². The lowest BCUT2D eigenvalue weighted by molar-refractivity contribution is 0.144. The van der Waals surface area contributed by atoms with Gasteiger partial charge in [0, 0.05) is 24.6 Å². The molecule has 0 aliphatic heterocycles. The Hall–Kier alpha value is -1.56. The van der Waals surface area contributed by atoms with E-state index in [9.17, 15) is 9.90 Å². The topological polar surface area (TPSA) is 87.4 Å². The van der Waals surface area contributed by atoms with E-state index < -0.39 is 0 Å². The van der Waals surface area contributed by atoms with Crippen molar-refractivity contribution in [3.8, 4) is 0 Å². The van der Waals surface area contributed by atoms with Gasteiger partial charge in [0.2, 0.25) is 0 Å². The number of hydrogen-bond acceptors (Lipinski definition) is 4. The highest BCUT2D eigenvalue weighted by Gasteiger charge is 2.47. The lowest BCUT2D eigenvalue weighted by atomic mass is 9.85. The summed E-state index contributed by atoms with van der Waals surface area (Å²) < 4.78 is 5.21. The standard InChI is InChI=1S/C16H25N3O3/c1-9(2)14-6-12(22-19-14)7-17-16(21)18-15-11-4-3-10(5-11)13(15)8-20/h6,9-11,13,15,20H,3-5,7-8H2,1-2H3,(H2,17,18,21). The number of nitrogens with one attached hydrogen (secondary N) is 2. The zero-order valence-corrected chi connectivity index (χ0v) is 13.2. The number of carbonyl (C=O) groups is 1. The van der Waals surface area contributed by atoms with Crippen LogP contribution in [0.25, 0.3) is 0 Å². The predicted octanol–water partition coefficient (Wildman–Crippen LogP) is 2.00. The number of amides is 2. The van der Waals surface area contributed by atoms with Crippen molar-refractivity contribution in [2.45, 2.75) is 51.6 Å². The van der Waals surface area contributed by atoms with Crippen molar-refractivity contribution in [3.63, 3.8) is 0 Å². The van der Waals surface area contributed by atoms with Gasteiger partial charge in [0.1, 0.15) is 0 Å². The van der Waals surface area contributed by atoms with E-state index in [1.54, 1.807) is 0 Å². The number of carbonyl (C=O) groups excluding carboxylic acids is 1. The lowest BCUT2D eigenvalue weighted by Gasteiger charge is -2.30. The summed E-state index contributed by atoms with van der Waals surface area (Å²) in [5, 5.41) is 19.4. The molecular weight excluding hydrogens is 282 g/mol. The third-order valence-corrected chi connectivity index (χ3v) is 5.19. The van der Waals surface area contributed by atoms with Crippen LogP contribution in [0.1, 0.15) is 50.5 Å². The molecule has 2 saturated carbocycles. The molecule has 0 radical (unpaired) electrons. The summed E-state index contributed by atoms with van der Waals surface area (Å²) in [6.45, 7) is 4.58. The van der Waals surface area contributed by atoms with Gasteiger partial charge in [-0.15, -0.1) is 0 Å². The van der Waals surface area contributed by atoms with Crippen LogP contribution in [-0.2, 0) is 6.54 Å². The minimum Gasteiger partial charge on any atom is -0.396 e. The van der Waals surface area contributed by atoms with Gasteiger partial charge in [0.15, 0.2) is 5.76 Å². The second-order valence-electron chi connectivity index (χ2n) is 6.91. The van der Waals surface area contributed by atoms with Gasteiger partial charge >= 0.3 is 6.03 Å². The van der Waals surface area contributed by atoms with Crippen molar-refractivity contribution in [2.75, 3.05) is 6.61 Å². The Kier molecular flexibility index (Phi) is 4.38. The zero-order valence-electron chi connectivity index (χ0n) is 13.2. The van der Waals surface area contributed by atoms with Crippen LogP contribution >= 0.6 is 0 Å². The van der Waals surface area contributed by atoms with Crippen LogP contribution in [0.4, 0.5) is 4.79 Å². The summed E-state index contributed by atoms with van der Waals surface area (Å²) >= 11 is 0. The Morgan fingerprint density at radius 2 is 2.23 bits per heavy atom. The smallest absolute Gasteiger partial charge is 0.315 e. The second kappa shape index (κ2) is 6.28. The fourth-order valence-corrected chi connectivity index (χ4v) is 3.95. The van der Waals surface area contributed by atoms with E-state index in [1.165, 1.54) is 6.42 Å². The first-order valence-electron chi connectivity index (χ1n) is 8.19. The molecule has 1 aromatic rings. The molecule has 1 heterocycles. The van der Waals surface area contributed by atoms with E-state index in [4.69, 9.17) is 4.52 Å². The molecule has 3 N–H and O–H groups in total. The molecule has 2 amide bonds. The Morgan fingerprint density at radius 3 is 2.91 bits per heavy atom. The summed E-state index contributed by atoms with van der Waals surface area (Å²) in [6, 6.07) is 1.78. The van der Waals surface area contributed by atoms with E-state index in [2.05, 4.69) is 15.8 Å². The average Bonchev–Trinajstić information content (AvgIpc) is 3.20. The molecule has 2 fully saturated rings. The predicted molar refractivity (Wildman–Crippen MR) is 81.2 cm³/mol. The van der Waals surface area contributed by atoms with Gasteiger partial charge in [0.25, 0.3) is 0 Å². The van der Waals surface area contributed by atoms with Crippen LogP contribution in [-0.4, -0.2) is 28.9 Å². The molecule has 122 valence electrons. The maximum Gasteiger partial charge on any atom is 0.315 e. The van der Waals surface area contributed by atoms with Crippen molar-refractivity contribution in [1.29, 1.82) is 0 Å². The molecular formula is C16H25N3O3. The molecule has 3 rings (SSSR count). The van der Waals surface area contributed by atoms with Crippen molar-refractivity contribution in [1.82, 2.24) is 15.8 Å². The van der Waals surface area contributed by atoms with E-state index in [0.29, 0.717) is 30.1 Å². The van der Waals surface area contributed by atoms with Gasteiger partial charge < -0.3 is 20.3 Å². The van der Waals surface area contributed by atoms with Crippen molar-refractivity contribution in [2.24, 2.45) is 17.8 Å². The molecule has 2 bridgehead atoms. The second-order valence-corrected chi connectivity index (χ2v) is 6.91. The molecule has 22 heavy (non-hydrogen) atoms. The molecule has 4 atom stereocenters. The van der Waals surface area contributed by atoms with Crippen LogP contribution < -0.4 is 10.6 Å². The quantitative estimate of drug-likeness (QED) is 0.776. The number of nitrogens with zero attached hydrogens (tertiary/aromatic N) is 1. The van der Waals surface area contributed by atoms with Gasteiger partial charge in [0.05, 0.1) is 12.2 Å². The Morgan fingerprint density at radius 1 is 1.45 bits per heavy atom. The first-order valence-corrected chi connectivity index (χ1v) is 8.19. The maximum absolute atomic E-state index is 12.1. The zero-order chi connectivity index (χ0) is 15.7. The summed E-state index contributed by atoms with van der Waals surface area (Å²) in [5.41, 5.74) is 0.894. The normalized spacial score (nSPS) is 30.0. The molecule has 0 aromatic carbocycles. The Labute approximate surface area is 130 Å². The van der Waals surface area contributed by atoms with E-state index in [-0.39, 0.29) is 24.6 Å².